The molecule has 9 heteroatoms. The molecule has 0 unspecified atom stereocenters. The minimum absolute atomic E-state index is 0.0426. The Morgan fingerprint density at radius 1 is 1.25 bits per heavy atom. The predicted molar refractivity (Wildman–Crippen MR) is 72.7 cm³/mol. The molecule has 0 spiro atoms. The molecule has 0 N–H and O–H groups in total. The molecule has 20 heavy (non-hydrogen) atoms. The van der Waals surface area contributed by atoms with Gasteiger partial charge in [-0.2, -0.15) is 5.10 Å². The molecule has 0 aliphatic rings. The first kappa shape index (κ1) is 14.5. The van der Waals surface area contributed by atoms with E-state index in [0.717, 1.165) is 0 Å². The van der Waals surface area contributed by atoms with Crippen molar-refractivity contribution in [3.63, 3.8) is 0 Å². The number of hydrogen-bond acceptors (Lipinski definition) is 5. The van der Waals surface area contributed by atoms with Crippen LogP contribution in [0.2, 0.25) is 0 Å². The summed E-state index contributed by atoms with van der Waals surface area (Å²) in [5, 5.41) is 15.0. The predicted octanol–water partition coefficient (Wildman–Crippen LogP) is 2.32. The van der Waals surface area contributed by atoms with Crippen molar-refractivity contribution in [1.29, 1.82) is 0 Å². The lowest BCUT2D eigenvalue weighted by Crippen LogP contribution is -2.00. The van der Waals surface area contributed by atoms with Gasteiger partial charge in [0.25, 0.3) is 9.05 Å². The van der Waals surface area contributed by atoms with Crippen LogP contribution in [0, 0.1) is 24.0 Å². The van der Waals surface area contributed by atoms with E-state index in [1.165, 1.54) is 28.9 Å². The standard InChI is InChI=1S/C11H10ClN3O4S/c1-7-11(15(16)17)8(2)14(13-7)9-3-5-10(6-4-9)20(12,18)19/h3-6H,1-2H3. The van der Waals surface area contributed by atoms with Crippen LogP contribution in [0.25, 0.3) is 5.69 Å². The molecule has 7 nitrogen and oxygen atoms in total. The van der Waals surface area contributed by atoms with Crippen molar-refractivity contribution < 1.29 is 13.3 Å². The number of aryl methyl sites for hydroxylation is 1. The van der Waals surface area contributed by atoms with E-state index in [2.05, 4.69) is 5.10 Å². The van der Waals surface area contributed by atoms with Gasteiger partial charge in [0, 0.05) is 10.7 Å². The number of nitrogens with zero attached hydrogens (tertiary/aromatic N) is 3. The third-order valence-electron chi connectivity index (χ3n) is 2.80. The summed E-state index contributed by atoms with van der Waals surface area (Å²) in [6.07, 6.45) is 0. The van der Waals surface area contributed by atoms with Gasteiger partial charge < -0.3 is 0 Å². The molecule has 0 amide bonds. The number of halogens is 1. The topological polar surface area (TPSA) is 95.1 Å². The largest absolute Gasteiger partial charge is 0.313 e. The molecule has 0 bridgehead atoms. The first-order chi connectivity index (χ1) is 9.21. The summed E-state index contributed by atoms with van der Waals surface area (Å²) in [7, 11) is 1.43. The van der Waals surface area contributed by atoms with Gasteiger partial charge in [-0.3, -0.25) is 10.1 Å². The van der Waals surface area contributed by atoms with Crippen molar-refractivity contribution in [2.75, 3.05) is 0 Å². The van der Waals surface area contributed by atoms with Crippen LogP contribution in [0.3, 0.4) is 0 Å². The van der Waals surface area contributed by atoms with Crippen molar-refractivity contribution in [3.8, 4) is 5.69 Å². The van der Waals surface area contributed by atoms with Crippen LogP contribution in [0.15, 0.2) is 29.2 Å². The highest BCUT2D eigenvalue weighted by atomic mass is 35.7. The molecule has 0 saturated carbocycles. The molecule has 2 aromatic rings. The van der Waals surface area contributed by atoms with E-state index in [-0.39, 0.29) is 10.6 Å². The molecular formula is C11H10ClN3O4S. The number of benzene rings is 1. The van der Waals surface area contributed by atoms with Crippen LogP contribution in [-0.2, 0) is 9.05 Å². The summed E-state index contributed by atoms with van der Waals surface area (Å²) in [6.45, 7) is 3.11. The maximum absolute atomic E-state index is 11.1. The fraction of sp³-hybridized carbons (Fsp3) is 0.182. The Hall–Kier alpha value is -1.93. The van der Waals surface area contributed by atoms with E-state index in [9.17, 15) is 18.5 Å². The molecular weight excluding hydrogens is 306 g/mol. The molecule has 2 rings (SSSR count). The maximum Gasteiger partial charge on any atom is 0.313 e. The lowest BCUT2D eigenvalue weighted by atomic mass is 10.3. The van der Waals surface area contributed by atoms with Gasteiger partial charge in [0.2, 0.25) is 0 Å². The minimum atomic E-state index is -3.79. The van der Waals surface area contributed by atoms with Gasteiger partial charge in [0.15, 0.2) is 0 Å². The highest BCUT2D eigenvalue weighted by Crippen LogP contribution is 2.25. The Morgan fingerprint density at radius 2 is 1.80 bits per heavy atom. The van der Waals surface area contributed by atoms with Crippen molar-refractivity contribution in [3.05, 3.63) is 45.8 Å². The number of aromatic nitrogens is 2. The zero-order valence-electron chi connectivity index (χ0n) is 10.6. The lowest BCUT2D eigenvalue weighted by molar-refractivity contribution is -0.386. The van der Waals surface area contributed by atoms with Crippen molar-refractivity contribution in [2.45, 2.75) is 18.7 Å². The molecule has 0 aliphatic heterocycles. The summed E-state index contributed by atoms with van der Waals surface area (Å²) in [5.74, 6) is 0. The fourth-order valence-electron chi connectivity index (χ4n) is 1.90. The summed E-state index contributed by atoms with van der Waals surface area (Å²) in [5.41, 5.74) is 1.12. The Balaban J connectivity index is 2.53. The molecule has 106 valence electrons. The van der Waals surface area contributed by atoms with Gasteiger partial charge in [0.05, 0.1) is 15.5 Å². The smallest absolute Gasteiger partial charge is 0.258 e. The van der Waals surface area contributed by atoms with E-state index in [1.807, 2.05) is 0 Å². The average molecular weight is 316 g/mol. The molecule has 0 aliphatic carbocycles. The summed E-state index contributed by atoms with van der Waals surface area (Å²) in [6, 6.07) is 5.61. The zero-order valence-corrected chi connectivity index (χ0v) is 12.1. The van der Waals surface area contributed by atoms with Crippen LogP contribution in [0.4, 0.5) is 5.69 Å². The highest BCUT2D eigenvalue weighted by molar-refractivity contribution is 8.13. The van der Waals surface area contributed by atoms with Crippen molar-refractivity contribution >= 4 is 25.4 Å². The molecule has 0 saturated heterocycles. The second-order valence-corrected chi connectivity index (χ2v) is 6.69. The first-order valence-electron chi connectivity index (χ1n) is 5.47. The van der Waals surface area contributed by atoms with Gasteiger partial charge in [-0.05, 0) is 38.1 Å². The quantitative estimate of drug-likeness (QED) is 0.492. The first-order valence-corrected chi connectivity index (χ1v) is 7.78. The van der Waals surface area contributed by atoms with Gasteiger partial charge in [-0.15, -0.1) is 0 Å². The van der Waals surface area contributed by atoms with E-state index >= 15 is 0 Å². The third kappa shape index (κ3) is 2.52. The monoisotopic (exact) mass is 315 g/mol. The van der Waals surface area contributed by atoms with E-state index in [0.29, 0.717) is 17.1 Å². The minimum Gasteiger partial charge on any atom is -0.258 e. The molecule has 0 atom stereocenters. The second kappa shape index (κ2) is 4.88. The van der Waals surface area contributed by atoms with Gasteiger partial charge >= 0.3 is 5.69 Å². The zero-order chi connectivity index (χ0) is 15.1. The number of rotatable bonds is 3. The van der Waals surface area contributed by atoms with E-state index < -0.39 is 14.0 Å². The van der Waals surface area contributed by atoms with Crippen LogP contribution in [0.5, 0.6) is 0 Å². The Kier molecular flexibility index (Phi) is 3.53. The van der Waals surface area contributed by atoms with Gasteiger partial charge in [-0.1, -0.05) is 0 Å². The molecule has 1 heterocycles. The van der Waals surface area contributed by atoms with E-state index in [4.69, 9.17) is 10.7 Å². The lowest BCUT2D eigenvalue weighted by Gasteiger charge is -2.04. The fourth-order valence-corrected chi connectivity index (χ4v) is 2.67. The molecule has 1 aromatic heterocycles. The molecule has 1 aromatic carbocycles. The number of hydrogen-bond donors (Lipinski definition) is 0. The number of nitro groups is 1. The molecule has 0 radical (unpaired) electrons. The van der Waals surface area contributed by atoms with Gasteiger partial charge in [0.1, 0.15) is 11.4 Å². The normalized spacial score (nSPS) is 11.6. The van der Waals surface area contributed by atoms with Crippen LogP contribution in [0.1, 0.15) is 11.4 Å². The van der Waals surface area contributed by atoms with Crippen molar-refractivity contribution in [1.82, 2.24) is 9.78 Å². The SMILES string of the molecule is Cc1nn(-c2ccc(S(=O)(=O)Cl)cc2)c(C)c1[N+](=O)[O-]. The summed E-state index contributed by atoms with van der Waals surface area (Å²) < 4.78 is 23.7. The van der Waals surface area contributed by atoms with Gasteiger partial charge in [-0.25, -0.2) is 13.1 Å². The van der Waals surface area contributed by atoms with E-state index in [1.54, 1.807) is 13.8 Å². The van der Waals surface area contributed by atoms with Crippen LogP contribution >= 0.6 is 10.7 Å². The highest BCUT2D eigenvalue weighted by Gasteiger charge is 2.22. The third-order valence-corrected chi connectivity index (χ3v) is 4.17. The Labute approximate surface area is 119 Å². The van der Waals surface area contributed by atoms with Crippen LogP contribution < -0.4 is 0 Å². The average Bonchev–Trinajstić information content (AvgIpc) is 2.64. The van der Waals surface area contributed by atoms with Crippen molar-refractivity contribution in [2.24, 2.45) is 0 Å². The Morgan fingerprint density at radius 3 is 2.20 bits per heavy atom. The maximum atomic E-state index is 11.1. The summed E-state index contributed by atoms with van der Waals surface area (Å²) >= 11 is 0. The molecule has 0 fully saturated rings. The summed E-state index contributed by atoms with van der Waals surface area (Å²) in [4.78, 5) is 10.4. The Bertz CT molecular complexity index is 781. The second-order valence-electron chi connectivity index (χ2n) is 4.12. The van der Waals surface area contributed by atoms with Crippen LogP contribution in [-0.4, -0.2) is 23.1 Å².